The molecule has 84 valence electrons. The van der Waals surface area contributed by atoms with E-state index in [0.29, 0.717) is 6.61 Å². The first-order valence-corrected chi connectivity index (χ1v) is 4.83. The van der Waals surface area contributed by atoms with Gasteiger partial charge in [0.25, 0.3) is 11.9 Å². The summed E-state index contributed by atoms with van der Waals surface area (Å²) in [4.78, 5) is 14.9. The highest BCUT2D eigenvalue weighted by Gasteiger charge is 2.28. The zero-order chi connectivity index (χ0) is 11.5. The summed E-state index contributed by atoms with van der Waals surface area (Å²) in [5, 5.41) is 0. The predicted molar refractivity (Wildman–Crippen MR) is 57.6 cm³/mol. The van der Waals surface area contributed by atoms with E-state index < -0.39 is 6.10 Å². The number of amidine groups is 1. The number of hydrogen-bond donors (Lipinski definition) is 1. The van der Waals surface area contributed by atoms with Crippen LogP contribution < -0.4 is 5.73 Å². The summed E-state index contributed by atoms with van der Waals surface area (Å²) in [5.74, 6) is -0.364. The maximum absolute atomic E-state index is 11.4. The Morgan fingerprint density at radius 3 is 2.62 bits per heavy atom. The van der Waals surface area contributed by atoms with E-state index in [9.17, 15) is 4.79 Å². The maximum atomic E-state index is 11.4. The van der Waals surface area contributed by atoms with Crippen molar-refractivity contribution in [1.82, 2.24) is 0 Å². The van der Waals surface area contributed by atoms with Crippen molar-refractivity contribution in [3.05, 3.63) is 35.4 Å². The Kier molecular flexibility index (Phi) is 2.87. The van der Waals surface area contributed by atoms with Crippen LogP contribution in [0.4, 0.5) is 0 Å². The van der Waals surface area contributed by atoms with Crippen LogP contribution >= 0.6 is 0 Å². The fourth-order valence-electron chi connectivity index (χ4n) is 1.53. The van der Waals surface area contributed by atoms with Gasteiger partial charge < -0.3 is 15.2 Å². The molecule has 1 atom stereocenters. The lowest BCUT2D eigenvalue weighted by molar-refractivity contribution is -0.122. The molecule has 0 saturated heterocycles. The van der Waals surface area contributed by atoms with Gasteiger partial charge in [-0.25, -0.2) is 0 Å². The number of hydrogen-bond acceptors (Lipinski definition) is 4. The Hall–Kier alpha value is -1.88. The summed E-state index contributed by atoms with van der Waals surface area (Å²) in [6.45, 7) is 0.540. The molecule has 0 aromatic heterocycles. The van der Waals surface area contributed by atoms with Crippen molar-refractivity contribution < 1.29 is 14.3 Å². The van der Waals surface area contributed by atoms with E-state index in [4.69, 9.17) is 15.2 Å². The normalized spacial score (nSPS) is 19.4. The van der Waals surface area contributed by atoms with Crippen LogP contribution in [0.15, 0.2) is 29.3 Å². The molecule has 1 unspecified atom stereocenters. The van der Waals surface area contributed by atoms with E-state index in [-0.39, 0.29) is 11.9 Å². The first-order valence-electron chi connectivity index (χ1n) is 4.83. The first-order chi connectivity index (χ1) is 7.70. The molecule has 0 radical (unpaired) electrons. The van der Waals surface area contributed by atoms with Gasteiger partial charge in [0, 0.05) is 12.7 Å². The van der Waals surface area contributed by atoms with Crippen LogP contribution in [0.5, 0.6) is 0 Å². The molecular weight excluding hydrogens is 208 g/mol. The van der Waals surface area contributed by atoms with Crippen molar-refractivity contribution in [3.63, 3.8) is 0 Å². The van der Waals surface area contributed by atoms with Gasteiger partial charge in [-0.3, -0.25) is 4.79 Å². The van der Waals surface area contributed by atoms with Crippen LogP contribution in [-0.2, 0) is 20.9 Å². The van der Waals surface area contributed by atoms with E-state index >= 15 is 0 Å². The molecule has 1 heterocycles. The molecule has 16 heavy (non-hydrogen) atoms. The van der Waals surface area contributed by atoms with Gasteiger partial charge in [0.2, 0.25) is 6.10 Å². The van der Waals surface area contributed by atoms with E-state index in [1.54, 1.807) is 7.11 Å². The molecule has 1 aromatic carbocycles. The molecule has 1 aliphatic rings. The first kappa shape index (κ1) is 10.6. The molecule has 0 spiro atoms. The number of amides is 1. The fourth-order valence-corrected chi connectivity index (χ4v) is 1.53. The third-order valence-corrected chi connectivity index (χ3v) is 2.28. The van der Waals surface area contributed by atoms with Crippen molar-refractivity contribution in [1.29, 1.82) is 0 Å². The topological polar surface area (TPSA) is 73.9 Å². The van der Waals surface area contributed by atoms with E-state index in [1.165, 1.54) is 0 Å². The number of rotatable bonds is 3. The van der Waals surface area contributed by atoms with E-state index in [0.717, 1.165) is 11.1 Å². The van der Waals surface area contributed by atoms with Crippen LogP contribution in [0.25, 0.3) is 0 Å². The zero-order valence-electron chi connectivity index (χ0n) is 8.84. The van der Waals surface area contributed by atoms with Crippen molar-refractivity contribution >= 4 is 11.9 Å². The average molecular weight is 220 g/mol. The van der Waals surface area contributed by atoms with Crippen LogP contribution in [-0.4, -0.2) is 19.0 Å². The van der Waals surface area contributed by atoms with E-state index in [2.05, 4.69) is 4.99 Å². The summed E-state index contributed by atoms with van der Waals surface area (Å²) < 4.78 is 10.1. The summed E-state index contributed by atoms with van der Waals surface area (Å²) in [5.41, 5.74) is 7.09. The van der Waals surface area contributed by atoms with Crippen molar-refractivity contribution in [2.75, 3.05) is 7.11 Å². The van der Waals surface area contributed by atoms with Crippen LogP contribution in [0.1, 0.15) is 17.2 Å². The third kappa shape index (κ3) is 2.04. The minimum absolute atomic E-state index is 0.0732. The van der Waals surface area contributed by atoms with Crippen molar-refractivity contribution in [2.45, 2.75) is 12.7 Å². The second kappa shape index (κ2) is 4.32. The average Bonchev–Trinajstić information content (AvgIpc) is 2.59. The fraction of sp³-hybridized carbons (Fsp3) is 0.273. The summed E-state index contributed by atoms with van der Waals surface area (Å²) >= 11 is 0. The van der Waals surface area contributed by atoms with Crippen LogP contribution in [0, 0.1) is 0 Å². The Bertz CT molecular complexity index is 425. The molecule has 1 aromatic rings. The quantitative estimate of drug-likeness (QED) is 0.815. The number of benzene rings is 1. The van der Waals surface area contributed by atoms with Crippen molar-refractivity contribution in [2.24, 2.45) is 10.7 Å². The van der Waals surface area contributed by atoms with Crippen LogP contribution in [0.2, 0.25) is 0 Å². The number of aliphatic imine (C=N–C) groups is 1. The highest BCUT2D eigenvalue weighted by atomic mass is 16.5. The molecule has 0 fully saturated rings. The van der Waals surface area contributed by atoms with Gasteiger partial charge >= 0.3 is 0 Å². The molecule has 1 amide bonds. The number of carbonyl (C=O) groups is 1. The van der Waals surface area contributed by atoms with Gasteiger partial charge in [0.05, 0.1) is 6.61 Å². The Morgan fingerprint density at radius 2 is 2.12 bits per heavy atom. The molecule has 0 saturated carbocycles. The molecule has 1 aliphatic heterocycles. The summed E-state index contributed by atoms with van der Waals surface area (Å²) in [7, 11) is 1.63. The SMILES string of the molecule is COCc1ccc(C2OC(N)=NC2=O)cc1. The highest BCUT2D eigenvalue weighted by molar-refractivity contribution is 5.98. The molecule has 5 nitrogen and oxygen atoms in total. The molecule has 2 rings (SSSR count). The lowest BCUT2D eigenvalue weighted by Crippen LogP contribution is -2.13. The largest absolute Gasteiger partial charge is 0.447 e. The highest BCUT2D eigenvalue weighted by Crippen LogP contribution is 2.23. The van der Waals surface area contributed by atoms with Crippen LogP contribution in [0.3, 0.4) is 0 Å². The number of methoxy groups -OCH3 is 1. The predicted octanol–water partition coefficient (Wildman–Crippen LogP) is 0.746. The Labute approximate surface area is 92.9 Å². The Morgan fingerprint density at radius 1 is 1.44 bits per heavy atom. The lowest BCUT2D eigenvalue weighted by Gasteiger charge is -2.09. The summed E-state index contributed by atoms with van der Waals surface area (Å²) in [6, 6.07) is 7.31. The number of carbonyl (C=O) groups excluding carboxylic acids is 1. The van der Waals surface area contributed by atoms with Gasteiger partial charge in [-0.05, 0) is 5.56 Å². The van der Waals surface area contributed by atoms with Crippen molar-refractivity contribution in [3.8, 4) is 0 Å². The smallest absolute Gasteiger partial charge is 0.296 e. The monoisotopic (exact) mass is 220 g/mol. The summed E-state index contributed by atoms with van der Waals surface area (Å²) in [6.07, 6.45) is -0.698. The number of nitrogens with zero attached hydrogens (tertiary/aromatic N) is 1. The molecular formula is C11H12N2O3. The number of nitrogens with two attached hydrogens (primary N) is 1. The maximum Gasteiger partial charge on any atom is 0.296 e. The second-order valence-corrected chi connectivity index (χ2v) is 3.46. The third-order valence-electron chi connectivity index (χ3n) is 2.28. The molecule has 5 heteroatoms. The Balaban J connectivity index is 2.14. The molecule has 0 aliphatic carbocycles. The zero-order valence-corrected chi connectivity index (χ0v) is 8.84. The molecule has 0 bridgehead atoms. The molecule has 2 N–H and O–H groups in total. The van der Waals surface area contributed by atoms with Gasteiger partial charge in [0.15, 0.2) is 0 Å². The van der Waals surface area contributed by atoms with Gasteiger partial charge in [-0.1, -0.05) is 24.3 Å². The minimum Gasteiger partial charge on any atom is -0.447 e. The minimum atomic E-state index is -0.698. The number of ether oxygens (including phenoxy) is 2. The standard InChI is InChI=1S/C11H12N2O3/c1-15-6-7-2-4-8(5-3-7)9-10(14)13-11(12)16-9/h2-5,9H,6H2,1H3,(H2,12,13,14). The van der Waals surface area contributed by atoms with Gasteiger partial charge in [-0.15, -0.1) is 0 Å². The second-order valence-electron chi connectivity index (χ2n) is 3.46. The lowest BCUT2D eigenvalue weighted by atomic mass is 10.1. The van der Waals surface area contributed by atoms with Gasteiger partial charge in [0.1, 0.15) is 0 Å². The van der Waals surface area contributed by atoms with Gasteiger partial charge in [-0.2, -0.15) is 4.99 Å². The van der Waals surface area contributed by atoms with E-state index in [1.807, 2.05) is 24.3 Å².